The second kappa shape index (κ2) is 1.87. The van der Waals surface area contributed by atoms with Crippen LogP contribution in [0.3, 0.4) is 0 Å². The first-order valence-corrected chi connectivity index (χ1v) is 2.64. The lowest BCUT2D eigenvalue weighted by Crippen LogP contribution is -2.05. The van der Waals surface area contributed by atoms with Crippen molar-refractivity contribution in [2.75, 3.05) is 6.54 Å². The summed E-state index contributed by atoms with van der Waals surface area (Å²) in [6, 6.07) is 2.17. The fourth-order valence-corrected chi connectivity index (χ4v) is 0.801. The molecule has 0 spiro atoms. The van der Waals surface area contributed by atoms with Crippen molar-refractivity contribution >= 4 is 0 Å². The Morgan fingerprint density at radius 1 is 1.88 bits per heavy atom. The van der Waals surface area contributed by atoms with Gasteiger partial charge in [-0.1, -0.05) is 6.58 Å². The standard InChI is InChI=1S/C6H8N2/c1-5-2-6(3-7)4-8-5/h6,8H,1-2,4H2. The Bertz CT molecular complexity index is 143. The van der Waals surface area contributed by atoms with Crippen molar-refractivity contribution in [1.29, 1.82) is 5.26 Å². The first kappa shape index (κ1) is 5.17. The molecule has 0 aromatic heterocycles. The van der Waals surface area contributed by atoms with E-state index < -0.39 is 0 Å². The summed E-state index contributed by atoms with van der Waals surface area (Å²) in [4.78, 5) is 0. The Balaban J connectivity index is 2.47. The van der Waals surface area contributed by atoms with Crippen LogP contribution in [0.25, 0.3) is 0 Å². The molecule has 0 radical (unpaired) electrons. The van der Waals surface area contributed by atoms with E-state index in [1.807, 2.05) is 0 Å². The number of hydrogen-bond donors (Lipinski definition) is 1. The number of hydrogen-bond acceptors (Lipinski definition) is 2. The average Bonchev–Trinajstić information content (AvgIpc) is 2.14. The van der Waals surface area contributed by atoms with E-state index in [1.165, 1.54) is 0 Å². The van der Waals surface area contributed by atoms with Gasteiger partial charge in [-0.05, 0) is 0 Å². The molecule has 0 amide bonds. The molecular weight excluding hydrogens is 100 g/mol. The molecule has 1 fully saturated rings. The van der Waals surface area contributed by atoms with Crippen molar-refractivity contribution < 1.29 is 0 Å². The highest BCUT2D eigenvalue weighted by molar-refractivity contribution is 5.06. The maximum atomic E-state index is 8.35. The first-order valence-electron chi connectivity index (χ1n) is 2.64. The van der Waals surface area contributed by atoms with Crippen LogP contribution in [0.1, 0.15) is 6.42 Å². The molecule has 0 bridgehead atoms. The predicted octanol–water partition coefficient (Wildman–Crippen LogP) is 0.633. The van der Waals surface area contributed by atoms with Gasteiger partial charge < -0.3 is 5.32 Å². The third-order valence-electron chi connectivity index (χ3n) is 1.27. The minimum Gasteiger partial charge on any atom is -0.387 e. The zero-order valence-electron chi connectivity index (χ0n) is 4.65. The Labute approximate surface area is 48.8 Å². The normalized spacial score (nSPS) is 26.9. The van der Waals surface area contributed by atoms with Gasteiger partial charge in [0.15, 0.2) is 0 Å². The topological polar surface area (TPSA) is 35.8 Å². The van der Waals surface area contributed by atoms with Gasteiger partial charge in [0.1, 0.15) is 0 Å². The number of nitriles is 1. The lowest BCUT2D eigenvalue weighted by atomic mass is 10.1. The Morgan fingerprint density at radius 3 is 2.88 bits per heavy atom. The van der Waals surface area contributed by atoms with Crippen LogP contribution in [0, 0.1) is 17.2 Å². The number of nitrogens with one attached hydrogen (secondary N) is 1. The van der Waals surface area contributed by atoms with Crippen molar-refractivity contribution in [1.82, 2.24) is 5.32 Å². The van der Waals surface area contributed by atoms with Crippen LogP contribution in [-0.2, 0) is 0 Å². The molecule has 2 heteroatoms. The second-order valence-electron chi connectivity index (χ2n) is 2.01. The molecule has 1 N–H and O–H groups in total. The maximum Gasteiger partial charge on any atom is 0.0690 e. The predicted molar refractivity (Wildman–Crippen MR) is 30.9 cm³/mol. The zero-order chi connectivity index (χ0) is 5.98. The van der Waals surface area contributed by atoms with E-state index in [4.69, 9.17) is 5.26 Å². The van der Waals surface area contributed by atoms with Crippen molar-refractivity contribution in [3.63, 3.8) is 0 Å². The molecule has 1 saturated heterocycles. The molecular formula is C6H8N2. The molecule has 42 valence electrons. The first-order chi connectivity index (χ1) is 3.83. The summed E-state index contributed by atoms with van der Waals surface area (Å²) in [6.45, 7) is 4.48. The number of nitrogens with zero attached hydrogens (tertiary/aromatic N) is 1. The summed E-state index contributed by atoms with van der Waals surface area (Å²) < 4.78 is 0. The summed E-state index contributed by atoms with van der Waals surface area (Å²) in [6.07, 6.45) is 0.830. The minimum absolute atomic E-state index is 0.169. The monoisotopic (exact) mass is 108 g/mol. The Morgan fingerprint density at radius 2 is 2.62 bits per heavy atom. The van der Waals surface area contributed by atoms with E-state index in [-0.39, 0.29) is 5.92 Å². The van der Waals surface area contributed by atoms with E-state index in [0.717, 1.165) is 18.7 Å². The van der Waals surface area contributed by atoms with Crippen LogP contribution in [0.15, 0.2) is 12.3 Å². The summed E-state index contributed by atoms with van der Waals surface area (Å²) in [5.74, 6) is 0.169. The highest BCUT2D eigenvalue weighted by Gasteiger charge is 2.15. The van der Waals surface area contributed by atoms with Gasteiger partial charge in [-0.25, -0.2) is 0 Å². The van der Waals surface area contributed by atoms with Crippen molar-refractivity contribution in [3.8, 4) is 6.07 Å². The Kier molecular flexibility index (Phi) is 1.21. The Hall–Kier alpha value is -0.970. The smallest absolute Gasteiger partial charge is 0.0690 e. The number of rotatable bonds is 0. The molecule has 2 nitrogen and oxygen atoms in total. The van der Waals surface area contributed by atoms with E-state index in [9.17, 15) is 0 Å². The van der Waals surface area contributed by atoms with Crippen LogP contribution in [0.2, 0.25) is 0 Å². The van der Waals surface area contributed by atoms with E-state index in [2.05, 4.69) is 18.0 Å². The molecule has 0 aromatic rings. The van der Waals surface area contributed by atoms with E-state index >= 15 is 0 Å². The third kappa shape index (κ3) is 0.812. The van der Waals surface area contributed by atoms with Crippen LogP contribution in [0.5, 0.6) is 0 Å². The van der Waals surface area contributed by atoms with Gasteiger partial charge in [0.2, 0.25) is 0 Å². The molecule has 1 heterocycles. The van der Waals surface area contributed by atoms with Gasteiger partial charge in [0.05, 0.1) is 12.0 Å². The molecule has 0 saturated carbocycles. The quantitative estimate of drug-likeness (QED) is 0.494. The van der Waals surface area contributed by atoms with Gasteiger partial charge >= 0.3 is 0 Å². The highest BCUT2D eigenvalue weighted by atomic mass is 14.9. The molecule has 1 atom stereocenters. The van der Waals surface area contributed by atoms with Crippen molar-refractivity contribution in [2.45, 2.75) is 6.42 Å². The van der Waals surface area contributed by atoms with Crippen LogP contribution in [-0.4, -0.2) is 6.54 Å². The molecule has 1 aliphatic heterocycles. The highest BCUT2D eigenvalue weighted by Crippen LogP contribution is 2.12. The average molecular weight is 108 g/mol. The lowest BCUT2D eigenvalue weighted by Gasteiger charge is -1.87. The summed E-state index contributed by atoms with van der Waals surface area (Å²) >= 11 is 0. The second-order valence-corrected chi connectivity index (χ2v) is 2.01. The molecule has 0 aliphatic carbocycles. The largest absolute Gasteiger partial charge is 0.387 e. The third-order valence-corrected chi connectivity index (χ3v) is 1.27. The zero-order valence-corrected chi connectivity index (χ0v) is 4.65. The number of allylic oxidation sites excluding steroid dienone is 1. The molecule has 1 aliphatic rings. The van der Waals surface area contributed by atoms with E-state index in [0.29, 0.717) is 0 Å². The SMILES string of the molecule is C=C1CC(C#N)CN1. The van der Waals surface area contributed by atoms with Crippen LogP contribution >= 0.6 is 0 Å². The minimum atomic E-state index is 0.169. The lowest BCUT2D eigenvalue weighted by molar-refractivity contribution is 0.744. The summed E-state index contributed by atoms with van der Waals surface area (Å²) in [5.41, 5.74) is 0.997. The maximum absolute atomic E-state index is 8.35. The molecule has 1 unspecified atom stereocenters. The van der Waals surface area contributed by atoms with Crippen molar-refractivity contribution in [2.24, 2.45) is 5.92 Å². The van der Waals surface area contributed by atoms with Gasteiger partial charge in [-0.2, -0.15) is 5.26 Å². The van der Waals surface area contributed by atoms with E-state index in [1.54, 1.807) is 0 Å². The molecule has 8 heavy (non-hydrogen) atoms. The molecule has 0 aromatic carbocycles. The van der Waals surface area contributed by atoms with Gasteiger partial charge in [0.25, 0.3) is 0 Å². The summed E-state index contributed by atoms with van der Waals surface area (Å²) in [5, 5.41) is 11.4. The fourth-order valence-electron chi connectivity index (χ4n) is 0.801. The van der Waals surface area contributed by atoms with Crippen LogP contribution < -0.4 is 5.32 Å². The van der Waals surface area contributed by atoms with Gasteiger partial charge in [-0.3, -0.25) is 0 Å². The molecule has 1 rings (SSSR count). The van der Waals surface area contributed by atoms with Crippen molar-refractivity contribution in [3.05, 3.63) is 12.3 Å². The van der Waals surface area contributed by atoms with Gasteiger partial charge in [-0.15, -0.1) is 0 Å². The summed E-state index contributed by atoms with van der Waals surface area (Å²) in [7, 11) is 0. The van der Waals surface area contributed by atoms with Gasteiger partial charge in [0, 0.05) is 18.7 Å². The van der Waals surface area contributed by atoms with Crippen LogP contribution in [0.4, 0.5) is 0 Å². The fraction of sp³-hybridized carbons (Fsp3) is 0.500.